The van der Waals surface area contributed by atoms with Crippen LogP contribution in [0.3, 0.4) is 0 Å². The number of phenolic OH excluding ortho intramolecular Hbond substituents is 2. The molecule has 0 aromatic heterocycles. The Balaban J connectivity index is 1.92. The van der Waals surface area contributed by atoms with Crippen LogP contribution < -0.4 is 4.74 Å². The van der Waals surface area contributed by atoms with Crippen molar-refractivity contribution >= 4 is 42.0 Å². The summed E-state index contributed by atoms with van der Waals surface area (Å²) in [5, 5.41) is 29.2. The molecule has 0 aliphatic carbocycles. The van der Waals surface area contributed by atoms with Crippen molar-refractivity contribution in [2.24, 2.45) is 10.2 Å². The van der Waals surface area contributed by atoms with Gasteiger partial charge in [-0.3, -0.25) is 0 Å². The molecule has 0 atom stereocenters. The Bertz CT molecular complexity index is 1460. The summed E-state index contributed by atoms with van der Waals surface area (Å²) >= 11 is 0. The van der Waals surface area contributed by atoms with Gasteiger partial charge >= 0.3 is 0 Å². The number of sulfonamides is 1. The SMILES string of the molecule is CN(C)S(=O)(=O)c1ccc(O)c(N=Nc2c3c(c4ccccc4c2O)OCS3(=O)=O)c1. The van der Waals surface area contributed by atoms with E-state index in [1.807, 2.05) is 0 Å². The summed E-state index contributed by atoms with van der Waals surface area (Å²) in [6.45, 7) is 0. The minimum absolute atomic E-state index is 0.0514. The molecule has 3 aromatic carbocycles. The fourth-order valence-electron chi connectivity index (χ4n) is 3.13. The molecule has 1 heterocycles. The van der Waals surface area contributed by atoms with Crippen LogP contribution in [0.2, 0.25) is 0 Å². The second kappa shape index (κ2) is 7.18. The first-order valence-corrected chi connectivity index (χ1v) is 11.9. The third-order valence-corrected chi connectivity index (χ3v) is 7.97. The number of aromatic hydroxyl groups is 2. The Kier molecular flexibility index (Phi) is 4.87. The zero-order valence-corrected chi connectivity index (χ0v) is 18.0. The first-order chi connectivity index (χ1) is 14.5. The van der Waals surface area contributed by atoms with Gasteiger partial charge in [0.2, 0.25) is 19.9 Å². The molecule has 0 unspecified atom stereocenters. The molecule has 0 saturated heterocycles. The number of rotatable bonds is 4. The van der Waals surface area contributed by atoms with Gasteiger partial charge in [-0.15, -0.1) is 10.2 Å². The summed E-state index contributed by atoms with van der Waals surface area (Å²) < 4.78 is 56.1. The number of hydrogen-bond donors (Lipinski definition) is 2. The van der Waals surface area contributed by atoms with Crippen LogP contribution in [0.25, 0.3) is 10.8 Å². The van der Waals surface area contributed by atoms with E-state index in [1.54, 1.807) is 24.3 Å². The van der Waals surface area contributed by atoms with Crippen molar-refractivity contribution < 1.29 is 31.8 Å². The zero-order valence-electron chi connectivity index (χ0n) is 16.3. The minimum Gasteiger partial charge on any atom is -0.506 e. The molecule has 162 valence electrons. The van der Waals surface area contributed by atoms with Gasteiger partial charge in [-0.1, -0.05) is 24.3 Å². The molecule has 0 saturated carbocycles. The Hall–Kier alpha value is -3.22. The van der Waals surface area contributed by atoms with Crippen LogP contribution in [0.1, 0.15) is 0 Å². The number of benzene rings is 3. The summed E-state index contributed by atoms with van der Waals surface area (Å²) in [4.78, 5) is -0.461. The van der Waals surface area contributed by atoms with Gasteiger partial charge in [0.05, 0.1) is 4.90 Å². The van der Waals surface area contributed by atoms with Crippen molar-refractivity contribution in [1.82, 2.24) is 4.31 Å². The van der Waals surface area contributed by atoms with Gasteiger partial charge in [0.15, 0.2) is 17.4 Å². The molecule has 12 heteroatoms. The molecular formula is C19H17N3O7S2. The van der Waals surface area contributed by atoms with Crippen LogP contribution in [0.5, 0.6) is 17.2 Å². The van der Waals surface area contributed by atoms with Crippen LogP contribution in [0, 0.1) is 0 Å². The monoisotopic (exact) mass is 463 g/mol. The highest BCUT2D eigenvalue weighted by Crippen LogP contribution is 2.51. The molecule has 1 aliphatic rings. The van der Waals surface area contributed by atoms with Gasteiger partial charge in [0.1, 0.15) is 22.1 Å². The lowest BCUT2D eigenvalue weighted by molar-refractivity contribution is 0.393. The maximum absolute atomic E-state index is 12.5. The van der Waals surface area contributed by atoms with E-state index in [1.165, 1.54) is 20.2 Å². The van der Waals surface area contributed by atoms with Gasteiger partial charge < -0.3 is 14.9 Å². The van der Waals surface area contributed by atoms with E-state index in [0.717, 1.165) is 16.4 Å². The third-order valence-electron chi connectivity index (χ3n) is 4.73. The average molecular weight is 463 g/mol. The van der Waals surface area contributed by atoms with Crippen molar-refractivity contribution in [3.63, 3.8) is 0 Å². The van der Waals surface area contributed by atoms with Crippen LogP contribution in [0.15, 0.2) is 62.5 Å². The molecule has 0 amide bonds. The summed E-state index contributed by atoms with van der Waals surface area (Å²) in [5.41, 5.74) is -0.577. The van der Waals surface area contributed by atoms with Crippen LogP contribution in [-0.2, 0) is 19.9 Å². The highest BCUT2D eigenvalue weighted by atomic mass is 32.2. The highest BCUT2D eigenvalue weighted by Gasteiger charge is 2.36. The average Bonchev–Trinajstić information content (AvgIpc) is 3.04. The molecule has 2 N–H and O–H groups in total. The highest BCUT2D eigenvalue weighted by molar-refractivity contribution is 7.91. The smallest absolute Gasteiger partial charge is 0.242 e. The molecule has 0 radical (unpaired) electrons. The van der Waals surface area contributed by atoms with E-state index < -0.39 is 31.5 Å². The van der Waals surface area contributed by atoms with Crippen molar-refractivity contribution in [3.8, 4) is 17.2 Å². The first-order valence-electron chi connectivity index (χ1n) is 8.84. The summed E-state index contributed by atoms with van der Waals surface area (Å²) in [6, 6.07) is 9.93. The molecule has 0 spiro atoms. The van der Waals surface area contributed by atoms with Gasteiger partial charge in [-0.05, 0) is 18.2 Å². The van der Waals surface area contributed by atoms with E-state index >= 15 is 0 Å². The summed E-state index contributed by atoms with van der Waals surface area (Å²) in [7, 11) is -5.01. The normalized spacial score (nSPS) is 15.5. The number of ether oxygens (including phenoxy) is 1. The van der Waals surface area contributed by atoms with Crippen LogP contribution in [0.4, 0.5) is 11.4 Å². The zero-order chi connectivity index (χ0) is 22.6. The molecule has 3 aromatic rings. The van der Waals surface area contributed by atoms with E-state index in [0.29, 0.717) is 10.8 Å². The van der Waals surface area contributed by atoms with Crippen molar-refractivity contribution in [1.29, 1.82) is 0 Å². The molecule has 1 aliphatic heterocycles. The van der Waals surface area contributed by atoms with Gasteiger partial charge in [0, 0.05) is 24.9 Å². The lowest BCUT2D eigenvalue weighted by Gasteiger charge is -2.12. The molecule has 4 rings (SSSR count). The van der Waals surface area contributed by atoms with Crippen molar-refractivity contribution in [3.05, 3.63) is 42.5 Å². The van der Waals surface area contributed by atoms with E-state index in [-0.39, 0.29) is 32.7 Å². The largest absolute Gasteiger partial charge is 0.506 e. The maximum atomic E-state index is 12.5. The molecule has 10 nitrogen and oxygen atoms in total. The lowest BCUT2D eigenvalue weighted by Crippen LogP contribution is -2.22. The first kappa shape index (κ1) is 21.0. The summed E-state index contributed by atoms with van der Waals surface area (Å²) in [6.07, 6.45) is 0. The number of fused-ring (bicyclic) bond motifs is 3. The van der Waals surface area contributed by atoms with Crippen LogP contribution >= 0.6 is 0 Å². The second-order valence-electron chi connectivity index (χ2n) is 6.92. The standard InChI is InChI=1S/C19H17N3O7S2/c1-22(2)31(27,28)11-7-8-15(23)14(9-11)20-21-16-17(24)12-5-3-4-6-13(12)18-19(16)30(25,26)10-29-18/h3-9,23-24H,10H2,1-2H3. The Labute approximate surface area is 178 Å². The maximum Gasteiger partial charge on any atom is 0.242 e. The quantitative estimate of drug-likeness (QED) is 0.565. The van der Waals surface area contributed by atoms with Gasteiger partial charge in [-0.25, -0.2) is 21.1 Å². The second-order valence-corrected chi connectivity index (χ2v) is 10.9. The van der Waals surface area contributed by atoms with E-state index in [2.05, 4.69) is 10.2 Å². The predicted molar refractivity (Wildman–Crippen MR) is 111 cm³/mol. The van der Waals surface area contributed by atoms with E-state index in [9.17, 15) is 27.0 Å². The fourth-order valence-corrected chi connectivity index (χ4v) is 5.33. The Morgan fingerprint density at radius 3 is 2.39 bits per heavy atom. The molecule has 0 fully saturated rings. The summed E-state index contributed by atoms with van der Waals surface area (Å²) in [5.74, 6) is -1.36. The van der Waals surface area contributed by atoms with Crippen LogP contribution in [-0.4, -0.2) is 51.4 Å². The number of phenols is 2. The minimum atomic E-state index is -3.91. The molecule has 31 heavy (non-hydrogen) atoms. The lowest BCUT2D eigenvalue weighted by atomic mass is 10.1. The number of sulfone groups is 1. The Morgan fingerprint density at radius 2 is 1.71 bits per heavy atom. The fraction of sp³-hybridized carbons (Fsp3) is 0.158. The third kappa shape index (κ3) is 3.38. The Morgan fingerprint density at radius 1 is 1.03 bits per heavy atom. The van der Waals surface area contributed by atoms with Crippen molar-refractivity contribution in [2.45, 2.75) is 9.79 Å². The topological polar surface area (TPSA) is 146 Å². The van der Waals surface area contributed by atoms with Crippen molar-refractivity contribution in [2.75, 3.05) is 20.0 Å². The van der Waals surface area contributed by atoms with Gasteiger partial charge in [-0.2, -0.15) is 0 Å². The number of nitrogens with zero attached hydrogens (tertiary/aromatic N) is 3. The predicted octanol–water partition coefficient (Wildman–Crippen LogP) is 3.04. The van der Waals surface area contributed by atoms with E-state index in [4.69, 9.17) is 4.74 Å². The number of azo groups is 1. The number of hydrogen-bond acceptors (Lipinski definition) is 9. The van der Waals surface area contributed by atoms with Gasteiger partial charge in [0.25, 0.3) is 0 Å². The molecular weight excluding hydrogens is 446 g/mol. The molecule has 0 bridgehead atoms.